The number of benzene rings is 1. The van der Waals surface area contributed by atoms with Gasteiger partial charge in [-0.05, 0) is 24.3 Å². The van der Waals surface area contributed by atoms with E-state index < -0.39 is 0 Å². The normalized spacial score (nSPS) is 14.9. The highest BCUT2D eigenvalue weighted by Crippen LogP contribution is 2.20. The van der Waals surface area contributed by atoms with Crippen LogP contribution in [-0.4, -0.2) is 31.2 Å². The second-order valence-electron chi connectivity index (χ2n) is 5.15. The molecule has 0 radical (unpaired) electrons. The van der Waals surface area contributed by atoms with Gasteiger partial charge in [-0.2, -0.15) is 5.26 Å². The molecule has 0 spiro atoms. The Morgan fingerprint density at radius 1 is 0.905 bits per heavy atom. The molecule has 0 bridgehead atoms. The zero-order chi connectivity index (χ0) is 14.7. The van der Waals surface area contributed by atoms with Crippen LogP contribution < -0.4 is 15.5 Å². The number of hydrogen-bond acceptors (Lipinski definition) is 4. The summed E-state index contributed by atoms with van der Waals surface area (Å²) in [7, 11) is 0. The van der Waals surface area contributed by atoms with Gasteiger partial charge >= 0.3 is 0 Å². The SMILES string of the molecule is N#Cc1ccc(N2CCN(c3ccc([NH3+])cc3)CC2)cn1. The first-order chi connectivity index (χ1) is 10.3. The second kappa shape index (κ2) is 5.81. The second-order valence-corrected chi connectivity index (χ2v) is 5.15. The minimum atomic E-state index is 0.464. The van der Waals surface area contributed by atoms with Crippen molar-refractivity contribution < 1.29 is 5.73 Å². The Labute approximate surface area is 124 Å². The maximum absolute atomic E-state index is 8.78. The predicted octanol–water partition coefficient (Wildman–Crippen LogP) is 1.15. The fourth-order valence-electron chi connectivity index (χ4n) is 2.57. The Hall–Kier alpha value is -2.58. The first-order valence-electron chi connectivity index (χ1n) is 7.04. The van der Waals surface area contributed by atoms with Crippen LogP contribution in [-0.2, 0) is 0 Å². The summed E-state index contributed by atoms with van der Waals surface area (Å²) in [5.41, 5.74) is 7.76. The summed E-state index contributed by atoms with van der Waals surface area (Å²) in [5, 5.41) is 8.78. The summed E-state index contributed by atoms with van der Waals surface area (Å²) in [6.07, 6.45) is 1.78. The van der Waals surface area contributed by atoms with Gasteiger partial charge in [-0.1, -0.05) is 0 Å². The monoisotopic (exact) mass is 280 g/mol. The van der Waals surface area contributed by atoms with Gasteiger partial charge in [0.2, 0.25) is 0 Å². The number of pyridine rings is 1. The van der Waals surface area contributed by atoms with Crippen molar-refractivity contribution in [2.45, 2.75) is 0 Å². The molecule has 0 saturated carbocycles. The summed E-state index contributed by atoms with van der Waals surface area (Å²) < 4.78 is 0. The predicted molar refractivity (Wildman–Crippen MR) is 82.4 cm³/mol. The van der Waals surface area contributed by atoms with Gasteiger partial charge in [0.1, 0.15) is 17.5 Å². The number of nitriles is 1. The van der Waals surface area contributed by atoms with E-state index >= 15 is 0 Å². The summed E-state index contributed by atoms with van der Waals surface area (Å²) in [6, 6.07) is 14.1. The van der Waals surface area contributed by atoms with Crippen molar-refractivity contribution >= 4 is 17.1 Å². The van der Waals surface area contributed by atoms with Crippen molar-refractivity contribution in [1.29, 1.82) is 5.26 Å². The zero-order valence-electron chi connectivity index (χ0n) is 11.9. The molecule has 0 amide bonds. The van der Waals surface area contributed by atoms with Gasteiger partial charge in [0.25, 0.3) is 0 Å². The molecule has 1 aliphatic heterocycles. The molecule has 106 valence electrons. The van der Waals surface area contributed by atoms with Crippen LogP contribution in [0, 0.1) is 11.3 Å². The Morgan fingerprint density at radius 2 is 1.48 bits per heavy atom. The zero-order valence-corrected chi connectivity index (χ0v) is 11.9. The molecule has 0 aliphatic carbocycles. The fraction of sp³-hybridized carbons (Fsp3) is 0.250. The molecule has 3 N–H and O–H groups in total. The summed E-state index contributed by atoms with van der Waals surface area (Å²) in [6.45, 7) is 3.88. The van der Waals surface area contributed by atoms with E-state index in [0.717, 1.165) is 37.6 Å². The van der Waals surface area contributed by atoms with Gasteiger partial charge in [-0.25, -0.2) is 4.98 Å². The number of aromatic nitrogens is 1. The molecule has 2 aromatic rings. The van der Waals surface area contributed by atoms with E-state index in [1.807, 2.05) is 24.3 Å². The third kappa shape index (κ3) is 2.96. The van der Waals surface area contributed by atoms with Crippen molar-refractivity contribution in [3.05, 3.63) is 48.3 Å². The molecule has 1 fully saturated rings. The highest BCUT2D eigenvalue weighted by molar-refractivity contribution is 5.53. The minimum absolute atomic E-state index is 0.464. The Bertz CT molecular complexity index is 634. The number of quaternary nitrogens is 1. The van der Waals surface area contributed by atoms with Crippen LogP contribution in [0.1, 0.15) is 5.69 Å². The van der Waals surface area contributed by atoms with Crippen molar-refractivity contribution in [2.24, 2.45) is 0 Å². The van der Waals surface area contributed by atoms with Crippen LogP contribution in [0.4, 0.5) is 17.1 Å². The Kier molecular flexibility index (Phi) is 3.71. The Balaban J connectivity index is 1.64. The highest BCUT2D eigenvalue weighted by Gasteiger charge is 2.17. The summed E-state index contributed by atoms with van der Waals surface area (Å²) in [4.78, 5) is 8.82. The fourth-order valence-corrected chi connectivity index (χ4v) is 2.57. The van der Waals surface area contributed by atoms with E-state index in [1.54, 1.807) is 12.3 Å². The molecular formula is C16H18N5+. The molecule has 5 nitrogen and oxygen atoms in total. The van der Waals surface area contributed by atoms with E-state index in [0.29, 0.717) is 5.69 Å². The molecule has 2 heterocycles. The van der Waals surface area contributed by atoms with Gasteiger partial charge in [0, 0.05) is 44.0 Å². The largest absolute Gasteiger partial charge is 0.368 e. The van der Waals surface area contributed by atoms with Crippen LogP contribution in [0.3, 0.4) is 0 Å². The van der Waals surface area contributed by atoms with E-state index in [-0.39, 0.29) is 0 Å². The molecule has 0 atom stereocenters. The lowest BCUT2D eigenvalue weighted by atomic mass is 10.2. The minimum Gasteiger partial charge on any atom is -0.368 e. The first kappa shape index (κ1) is 13.4. The first-order valence-corrected chi connectivity index (χ1v) is 7.04. The van der Waals surface area contributed by atoms with Crippen molar-refractivity contribution in [3.63, 3.8) is 0 Å². The average molecular weight is 280 g/mol. The number of hydrogen-bond donors (Lipinski definition) is 1. The highest BCUT2D eigenvalue weighted by atomic mass is 15.3. The van der Waals surface area contributed by atoms with Crippen LogP contribution in [0.15, 0.2) is 42.6 Å². The van der Waals surface area contributed by atoms with Gasteiger partial charge in [-0.3, -0.25) is 0 Å². The van der Waals surface area contributed by atoms with Crippen molar-refractivity contribution in [3.8, 4) is 6.07 Å². The van der Waals surface area contributed by atoms with Gasteiger partial charge < -0.3 is 15.5 Å². The van der Waals surface area contributed by atoms with E-state index in [4.69, 9.17) is 5.26 Å². The molecule has 3 rings (SSSR count). The van der Waals surface area contributed by atoms with Crippen LogP contribution in [0.25, 0.3) is 0 Å². The third-order valence-corrected chi connectivity index (χ3v) is 3.81. The van der Waals surface area contributed by atoms with Crippen molar-refractivity contribution in [1.82, 2.24) is 4.98 Å². The van der Waals surface area contributed by atoms with E-state index in [1.165, 1.54) is 5.69 Å². The number of rotatable bonds is 2. The lowest BCUT2D eigenvalue weighted by Gasteiger charge is -2.37. The lowest BCUT2D eigenvalue weighted by molar-refractivity contribution is -0.254. The Morgan fingerprint density at radius 3 is 2.00 bits per heavy atom. The maximum atomic E-state index is 8.78. The quantitative estimate of drug-likeness (QED) is 0.896. The van der Waals surface area contributed by atoms with Gasteiger partial charge in [0.05, 0.1) is 11.9 Å². The number of piperazine rings is 1. The van der Waals surface area contributed by atoms with Crippen LogP contribution in [0.2, 0.25) is 0 Å². The summed E-state index contributed by atoms with van der Waals surface area (Å²) >= 11 is 0. The van der Waals surface area contributed by atoms with Crippen molar-refractivity contribution in [2.75, 3.05) is 36.0 Å². The maximum Gasteiger partial charge on any atom is 0.140 e. The molecule has 1 aliphatic rings. The standard InChI is InChI=1S/C16H17N5/c17-11-14-3-6-16(12-19-14)21-9-7-20(8-10-21)15-4-1-13(18)2-5-15/h1-6,12H,7-10,18H2/p+1. The van der Waals surface area contributed by atoms with Gasteiger partial charge in [0.15, 0.2) is 0 Å². The van der Waals surface area contributed by atoms with Crippen LogP contribution >= 0.6 is 0 Å². The van der Waals surface area contributed by atoms with E-state index in [9.17, 15) is 0 Å². The summed E-state index contributed by atoms with van der Waals surface area (Å²) in [5.74, 6) is 0. The molecule has 1 aromatic heterocycles. The molecule has 0 unspecified atom stereocenters. The third-order valence-electron chi connectivity index (χ3n) is 3.81. The average Bonchev–Trinajstić information content (AvgIpc) is 2.56. The lowest BCUT2D eigenvalue weighted by Crippen LogP contribution is -2.46. The molecular weight excluding hydrogens is 262 g/mol. The number of anilines is 2. The molecule has 5 heteroatoms. The number of nitrogens with zero attached hydrogens (tertiary/aromatic N) is 4. The van der Waals surface area contributed by atoms with E-state index in [2.05, 4.69) is 32.7 Å². The smallest absolute Gasteiger partial charge is 0.140 e. The van der Waals surface area contributed by atoms with Crippen LogP contribution in [0.5, 0.6) is 0 Å². The van der Waals surface area contributed by atoms with Gasteiger partial charge in [-0.15, -0.1) is 0 Å². The topological polar surface area (TPSA) is 70.8 Å². The molecule has 1 aromatic carbocycles. The molecule has 21 heavy (non-hydrogen) atoms. The molecule has 1 saturated heterocycles.